The van der Waals surface area contributed by atoms with Crippen molar-refractivity contribution in [3.8, 4) is 11.5 Å². The van der Waals surface area contributed by atoms with Crippen molar-refractivity contribution in [1.29, 1.82) is 0 Å². The number of carbonyl (C=O) groups is 1. The number of carbonyl (C=O) groups excluding carboxylic acids is 1. The summed E-state index contributed by atoms with van der Waals surface area (Å²) in [5.74, 6) is 2.17. The van der Waals surface area contributed by atoms with Crippen molar-refractivity contribution in [3.63, 3.8) is 0 Å². The van der Waals surface area contributed by atoms with Gasteiger partial charge in [-0.15, -0.1) is 0 Å². The molecule has 0 fully saturated rings. The van der Waals surface area contributed by atoms with Crippen molar-refractivity contribution in [2.45, 2.75) is 65.2 Å². The number of unbranched alkanes of at least 4 members (excludes halogenated alkanes) is 6. The van der Waals surface area contributed by atoms with Crippen LogP contribution in [0.15, 0.2) is 54.7 Å². The lowest BCUT2D eigenvalue weighted by Crippen LogP contribution is -2.25. The zero-order chi connectivity index (χ0) is 21.4. The van der Waals surface area contributed by atoms with Crippen molar-refractivity contribution in [3.05, 3.63) is 60.2 Å². The van der Waals surface area contributed by atoms with Crippen LogP contribution < -0.4 is 14.8 Å². The second-order valence-electron chi connectivity index (χ2n) is 8.13. The Kier molecular flexibility index (Phi) is 11.5. The predicted octanol–water partition coefficient (Wildman–Crippen LogP) is 6.13. The Bertz CT molecular complexity index is 719. The molecule has 1 aromatic rings. The number of allylic oxidation sites excluding steroid dienone is 5. The van der Waals surface area contributed by atoms with Gasteiger partial charge in [0.25, 0.3) is 0 Å². The molecule has 1 heterocycles. The molecule has 1 aliphatic heterocycles. The number of ether oxygens (including phenoxy) is 2. The van der Waals surface area contributed by atoms with Crippen LogP contribution >= 0.6 is 0 Å². The summed E-state index contributed by atoms with van der Waals surface area (Å²) in [6.45, 7) is 5.23. The minimum atomic E-state index is -0.0155. The topological polar surface area (TPSA) is 47.6 Å². The highest BCUT2D eigenvalue weighted by molar-refractivity contribution is 5.87. The number of amides is 1. The Balaban J connectivity index is 1.41. The molecule has 0 unspecified atom stereocenters. The Morgan fingerprint density at radius 1 is 0.967 bits per heavy atom. The van der Waals surface area contributed by atoms with Gasteiger partial charge >= 0.3 is 0 Å². The van der Waals surface area contributed by atoms with E-state index in [1.165, 1.54) is 37.7 Å². The Labute approximate surface area is 182 Å². The summed E-state index contributed by atoms with van der Waals surface area (Å²) < 4.78 is 10.8. The maximum atomic E-state index is 11.5. The van der Waals surface area contributed by atoms with E-state index in [0.29, 0.717) is 12.7 Å². The first-order valence-corrected chi connectivity index (χ1v) is 11.3. The third-order valence-corrected chi connectivity index (χ3v) is 4.88. The van der Waals surface area contributed by atoms with E-state index >= 15 is 0 Å². The summed E-state index contributed by atoms with van der Waals surface area (Å²) in [5.41, 5.74) is 1.26. The molecule has 30 heavy (non-hydrogen) atoms. The van der Waals surface area contributed by atoms with Gasteiger partial charge in [-0.3, -0.25) is 4.79 Å². The molecule has 0 radical (unpaired) electrons. The van der Waals surface area contributed by atoms with Crippen molar-refractivity contribution in [2.24, 2.45) is 5.92 Å². The lowest BCUT2D eigenvalue weighted by Gasteiger charge is -2.03. The van der Waals surface area contributed by atoms with E-state index in [0.717, 1.165) is 37.3 Å². The van der Waals surface area contributed by atoms with Crippen LogP contribution in [0.1, 0.15) is 64.4 Å². The molecule has 0 spiro atoms. The molecule has 0 aliphatic carbocycles. The van der Waals surface area contributed by atoms with Gasteiger partial charge < -0.3 is 14.8 Å². The summed E-state index contributed by atoms with van der Waals surface area (Å²) >= 11 is 0. The van der Waals surface area contributed by atoms with Gasteiger partial charge in [-0.1, -0.05) is 69.6 Å². The summed E-state index contributed by atoms with van der Waals surface area (Å²) in [4.78, 5) is 11.5. The van der Waals surface area contributed by atoms with Crippen LogP contribution in [0.4, 0.5) is 0 Å². The van der Waals surface area contributed by atoms with Crippen LogP contribution in [0.2, 0.25) is 0 Å². The molecule has 0 aromatic heterocycles. The summed E-state index contributed by atoms with van der Waals surface area (Å²) in [6, 6.07) is 6.16. The number of hydrogen-bond donors (Lipinski definition) is 1. The molecule has 1 N–H and O–H groups in total. The second-order valence-corrected chi connectivity index (χ2v) is 8.13. The van der Waals surface area contributed by atoms with Gasteiger partial charge in [-0.05, 0) is 55.7 Å². The number of rotatable bonds is 14. The molecule has 1 aliphatic rings. The molecule has 4 nitrogen and oxygen atoms in total. The van der Waals surface area contributed by atoms with Crippen LogP contribution in [-0.2, 0) is 11.2 Å². The monoisotopic (exact) mass is 411 g/mol. The quantitative estimate of drug-likeness (QED) is 0.173. The average molecular weight is 412 g/mol. The van der Waals surface area contributed by atoms with Crippen LogP contribution in [0.5, 0.6) is 11.5 Å². The van der Waals surface area contributed by atoms with E-state index in [2.05, 4.69) is 49.5 Å². The standard InChI is InChI=1S/C26H37NO3/c1-22(2)20-27-26(28)16-14-12-10-8-6-4-3-5-7-9-11-13-15-23-17-18-24-25(19-23)30-21-29-24/h10-14,16-19,22H,3-9,15,20-21H2,1-2H3,(H,27,28)/b12-10+,13-11+,16-14+. The third-order valence-electron chi connectivity index (χ3n) is 4.88. The number of nitrogens with one attached hydrogen (secondary N) is 1. The molecule has 0 bridgehead atoms. The van der Waals surface area contributed by atoms with Gasteiger partial charge in [0.1, 0.15) is 0 Å². The van der Waals surface area contributed by atoms with Gasteiger partial charge in [-0.25, -0.2) is 0 Å². The minimum Gasteiger partial charge on any atom is -0.454 e. The molecule has 1 aromatic carbocycles. The minimum absolute atomic E-state index is 0.0155. The molecule has 0 saturated carbocycles. The average Bonchev–Trinajstić information content (AvgIpc) is 3.20. The number of fused-ring (bicyclic) bond motifs is 1. The highest BCUT2D eigenvalue weighted by Crippen LogP contribution is 2.32. The van der Waals surface area contributed by atoms with Crippen molar-refractivity contribution < 1.29 is 14.3 Å². The lowest BCUT2D eigenvalue weighted by atomic mass is 10.1. The first-order valence-electron chi connectivity index (χ1n) is 11.3. The van der Waals surface area contributed by atoms with Gasteiger partial charge in [0.05, 0.1) is 0 Å². The van der Waals surface area contributed by atoms with Crippen LogP contribution in [0, 0.1) is 5.92 Å². The highest BCUT2D eigenvalue weighted by Gasteiger charge is 2.12. The smallest absolute Gasteiger partial charge is 0.243 e. The maximum absolute atomic E-state index is 11.5. The van der Waals surface area contributed by atoms with Crippen LogP contribution in [-0.4, -0.2) is 19.2 Å². The Morgan fingerprint density at radius 2 is 1.70 bits per heavy atom. The third kappa shape index (κ3) is 10.3. The van der Waals surface area contributed by atoms with E-state index in [-0.39, 0.29) is 5.91 Å². The summed E-state index contributed by atoms with van der Waals surface area (Å²) in [6.07, 6.45) is 21.5. The molecule has 164 valence electrons. The highest BCUT2D eigenvalue weighted by atomic mass is 16.7. The van der Waals surface area contributed by atoms with Crippen molar-refractivity contribution >= 4 is 5.91 Å². The fraction of sp³-hybridized carbons (Fsp3) is 0.500. The van der Waals surface area contributed by atoms with E-state index < -0.39 is 0 Å². The van der Waals surface area contributed by atoms with Gasteiger partial charge in [0, 0.05) is 12.6 Å². The maximum Gasteiger partial charge on any atom is 0.243 e. The summed E-state index contributed by atoms with van der Waals surface area (Å²) in [7, 11) is 0. The van der Waals surface area contributed by atoms with Gasteiger partial charge in [-0.2, -0.15) is 0 Å². The molecule has 2 rings (SSSR count). The molecule has 0 saturated heterocycles. The molecule has 4 heteroatoms. The van der Waals surface area contributed by atoms with Crippen molar-refractivity contribution in [2.75, 3.05) is 13.3 Å². The van der Waals surface area contributed by atoms with E-state index in [1.54, 1.807) is 6.08 Å². The summed E-state index contributed by atoms with van der Waals surface area (Å²) in [5, 5.41) is 2.87. The van der Waals surface area contributed by atoms with Crippen LogP contribution in [0.25, 0.3) is 0 Å². The first-order chi connectivity index (χ1) is 14.6. The molecule has 0 atom stereocenters. The predicted molar refractivity (Wildman–Crippen MR) is 124 cm³/mol. The number of benzene rings is 1. The van der Waals surface area contributed by atoms with Crippen molar-refractivity contribution in [1.82, 2.24) is 5.32 Å². The second kappa shape index (κ2) is 14.5. The van der Waals surface area contributed by atoms with Gasteiger partial charge in [0.2, 0.25) is 12.7 Å². The Morgan fingerprint density at radius 3 is 2.50 bits per heavy atom. The van der Waals surface area contributed by atoms with E-state index in [4.69, 9.17) is 9.47 Å². The lowest BCUT2D eigenvalue weighted by molar-refractivity contribution is -0.116. The van der Waals surface area contributed by atoms with E-state index in [9.17, 15) is 4.79 Å². The van der Waals surface area contributed by atoms with Crippen LogP contribution in [0.3, 0.4) is 0 Å². The fourth-order valence-corrected chi connectivity index (χ4v) is 3.14. The first kappa shape index (κ1) is 23.8. The largest absolute Gasteiger partial charge is 0.454 e. The normalized spacial score (nSPS) is 13.3. The zero-order valence-electron chi connectivity index (χ0n) is 18.6. The SMILES string of the molecule is CC(C)CNC(=O)/C=C/C=C/CCCCCCC/C=C/Cc1ccc2c(c1)OCO2. The fourth-order valence-electron chi connectivity index (χ4n) is 3.14. The molecular formula is C26H37NO3. The molecule has 1 amide bonds. The number of hydrogen-bond acceptors (Lipinski definition) is 3. The van der Waals surface area contributed by atoms with Gasteiger partial charge in [0.15, 0.2) is 11.5 Å². The van der Waals surface area contributed by atoms with E-state index in [1.807, 2.05) is 18.2 Å². The Hall–Kier alpha value is -2.49. The molecular weight excluding hydrogens is 374 g/mol. The zero-order valence-corrected chi connectivity index (χ0v) is 18.6.